The van der Waals surface area contributed by atoms with Crippen molar-refractivity contribution in [1.82, 2.24) is 9.97 Å². The molecule has 0 unspecified atom stereocenters. The molecule has 2 aromatic rings. The fraction of sp³-hybridized carbons (Fsp3) is 0.615. The predicted molar refractivity (Wildman–Crippen MR) is 142 cm³/mol. The molecule has 3 aliphatic rings. The van der Waals surface area contributed by atoms with Gasteiger partial charge in [0.15, 0.2) is 22.6 Å². The lowest BCUT2D eigenvalue weighted by atomic mass is 10.1. The summed E-state index contributed by atoms with van der Waals surface area (Å²) in [6.07, 6.45) is 1.09. The number of methoxy groups -OCH3 is 1. The van der Waals surface area contributed by atoms with E-state index in [2.05, 4.69) is 15.3 Å². The minimum absolute atomic E-state index is 0.104. The minimum atomic E-state index is -0.913. The van der Waals surface area contributed by atoms with E-state index in [0.29, 0.717) is 23.6 Å². The Morgan fingerprint density at radius 3 is 2.64 bits per heavy atom. The zero-order chi connectivity index (χ0) is 28.1. The number of anilines is 2. The summed E-state index contributed by atoms with van der Waals surface area (Å²) in [6, 6.07) is 3.34. The summed E-state index contributed by atoms with van der Waals surface area (Å²) >= 11 is 1.42. The lowest BCUT2D eigenvalue weighted by molar-refractivity contribution is -0.383. The maximum atomic E-state index is 13.9. The third-order valence-corrected chi connectivity index (χ3v) is 8.51. The maximum absolute atomic E-state index is 13.9. The Labute approximate surface area is 230 Å². The quantitative estimate of drug-likeness (QED) is 0.185. The highest BCUT2D eigenvalue weighted by atomic mass is 32.2. The molecule has 0 spiro atoms. The van der Waals surface area contributed by atoms with Crippen LogP contribution >= 0.6 is 11.8 Å². The average Bonchev–Trinajstić information content (AvgIpc) is 3.54. The fourth-order valence-corrected chi connectivity index (χ4v) is 6.24. The smallest absolute Gasteiger partial charge is 0.353 e. The molecule has 1 N–H and O–H groups in total. The van der Waals surface area contributed by atoms with Crippen molar-refractivity contribution in [1.29, 1.82) is 0 Å². The standard InChI is InChI=1S/C26H33F2N5O5S/c1-6-9-39-25-30-23(29-17-12-19(36-5)22-21(17)37-26(2,3)38-22)20(33(34)35)24(31-25)32(4)18-11-14(18)13-7-8-15(27)16(28)10-13/h7-8,10,14,17-19,21-22H,6,9,11-12H2,1-5H3,(H,29,30,31)/t14-,17+,18+,19-,21-,22+/m0/s1. The van der Waals surface area contributed by atoms with Crippen LogP contribution in [0.25, 0.3) is 0 Å². The monoisotopic (exact) mass is 565 g/mol. The van der Waals surface area contributed by atoms with Gasteiger partial charge in [-0.2, -0.15) is 9.97 Å². The zero-order valence-corrected chi connectivity index (χ0v) is 23.3. The van der Waals surface area contributed by atoms with Crippen molar-refractivity contribution in [2.45, 2.75) is 87.3 Å². The number of nitrogens with zero attached hydrogens (tertiary/aromatic N) is 4. The van der Waals surface area contributed by atoms with Gasteiger partial charge < -0.3 is 24.4 Å². The van der Waals surface area contributed by atoms with E-state index in [1.165, 1.54) is 17.8 Å². The third-order valence-electron chi connectivity index (χ3n) is 7.46. The summed E-state index contributed by atoms with van der Waals surface area (Å²) < 4.78 is 45.2. The van der Waals surface area contributed by atoms with E-state index in [-0.39, 0.29) is 53.6 Å². The molecule has 3 fully saturated rings. The van der Waals surface area contributed by atoms with E-state index in [9.17, 15) is 18.9 Å². The van der Waals surface area contributed by atoms with Crippen molar-refractivity contribution in [2.24, 2.45) is 0 Å². The molecule has 1 aliphatic heterocycles. The van der Waals surface area contributed by atoms with Crippen molar-refractivity contribution < 1.29 is 27.9 Å². The summed E-state index contributed by atoms with van der Waals surface area (Å²) in [5.74, 6) is -1.71. The lowest BCUT2D eigenvalue weighted by Gasteiger charge is -2.25. The molecule has 0 amide bonds. The molecule has 1 aromatic carbocycles. The van der Waals surface area contributed by atoms with Crippen LogP contribution in [0.15, 0.2) is 23.4 Å². The highest BCUT2D eigenvalue weighted by Crippen LogP contribution is 2.48. The molecule has 212 valence electrons. The van der Waals surface area contributed by atoms with Gasteiger partial charge in [0.2, 0.25) is 11.6 Å². The molecule has 0 bridgehead atoms. The Morgan fingerprint density at radius 2 is 1.97 bits per heavy atom. The second-order valence-corrected chi connectivity index (χ2v) is 11.7. The van der Waals surface area contributed by atoms with Crippen molar-refractivity contribution in [2.75, 3.05) is 30.1 Å². The lowest BCUT2D eigenvalue weighted by Crippen LogP contribution is -2.35. The molecule has 13 heteroatoms. The second-order valence-electron chi connectivity index (χ2n) is 10.7. The molecule has 2 heterocycles. The van der Waals surface area contributed by atoms with Gasteiger partial charge >= 0.3 is 5.69 Å². The molecule has 2 aliphatic carbocycles. The van der Waals surface area contributed by atoms with E-state index < -0.39 is 22.3 Å². The number of aromatic nitrogens is 2. The minimum Gasteiger partial charge on any atom is -0.379 e. The van der Waals surface area contributed by atoms with Gasteiger partial charge in [0, 0.05) is 31.9 Å². The number of fused-ring (bicyclic) bond motifs is 1. The molecule has 5 rings (SSSR count). The summed E-state index contributed by atoms with van der Waals surface area (Å²) in [7, 11) is 3.35. The van der Waals surface area contributed by atoms with Crippen molar-refractivity contribution in [3.63, 3.8) is 0 Å². The summed E-state index contributed by atoms with van der Waals surface area (Å²) in [4.78, 5) is 22.9. The first-order chi connectivity index (χ1) is 18.5. The largest absolute Gasteiger partial charge is 0.379 e. The van der Waals surface area contributed by atoms with Crippen LogP contribution in [0.4, 0.5) is 26.1 Å². The molecule has 0 radical (unpaired) electrons. The molecule has 1 saturated heterocycles. The summed E-state index contributed by atoms with van der Waals surface area (Å²) in [6.45, 7) is 5.69. The summed E-state index contributed by atoms with van der Waals surface area (Å²) in [5.41, 5.74) is 0.398. The Morgan fingerprint density at radius 1 is 1.23 bits per heavy atom. The van der Waals surface area contributed by atoms with Crippen LogP contribution in [-0.4, -0.2) is 71.0 Å². The number of halogens is 2. The van der Waals surface area contributed by atoms with Gasteiger partial charge in [0.1, 0.15) is 12.2 Å². The van der Waals surface area contributed by atoms with Crippen molar-refractivity contribution in [3.8, 4) is 0 Å². The van der Waals surface area contributed by atoms with E-state index in [1.54, 1.807) is 25.1 Å². The van der Waals surface area contributed by atoms with Crippen molar-refractivity contribution in [3.05, 3.63) is 45.5 Å². The number of hydrogen-bond donors (Lipinski definition) is 1. The summed E-state index contributed by atoms with van der Waals surface area (Å²) in [5, 5.41) is 16.2. The highest BCUT2D eigenvalue weighted by molar-refractivity contribution is 7.99. The van der Waals surface area contributed by atoms with Gasteiger partial charge in [-0.1, -0.05) is 24.8 Å². The van der Waals surface area contributed by atoms with Crippen LogP contribution in [0.3, 0.4) is 0 Å². The SMILES string of the molecule is CCCSc1nc(N[C@@H]2C[C@H](OC)[C@H]3OC(C)(C)O[C@H]32)c([N+](=O)[O-])c(N(C)[C@@H]2C[C@H]2c2ccc(F)c(F)c2)n1. The first-order valence-electron chi connectivity index (χ1n) is 13.0. The van der Waals surface area contributed by atoms with Gasteiger partial charge in [0.25, 0.3) is 0 Å². The van der Waals surface area contributed by atoms with E-state index in [1.807, 2.05) is 20.8 Å². The number of ether oxygens (including phenoxy) is 3. The van der Waals surface area contributed by atoms with Gasteiger partial charge in [-0.05, 0) is 50.8 Å². The first kappa shape index (κ1) is 27.9. The van der Waals surface area contributed by atoms with Gasteiger partial charge in [0.05, 0.1) is 17.1 Å². The molecule has 2 saturated carbocycles. The molecule has 1 aromatic heterocycles. The predicted octanol–water partition coefficient (Wildman–Crippen LogP) is 4.88. The number of hydrogen-bond acceptors (Lipinski definition) is 10. The molecular formula is C26H33F2N5O5S. The Balaban J connectivity index is 1.47. The van der Waals surface area contributed by atoms with Crippen LogP contribution in [0.5, 0.6) is 0 Å². The topological polar surface area (TPSA) is 112 Å². The zero-order valence-electron chi connectivity index (χ0n) is 22.5. The number of thioether (sulfide) groups is 1. The molecule has 10 nitrogen and oxygen atoms in total. The number of likely N-dealkylation sites (N-methyl/N-ethyl adjacent to an activating group) is 1. The van der Waals surface area contributed by atoms with Gasteiger partial charge in [-0.3, -0.25) is 10.1 Å². The van der Waals surface area contributed by atoms with E-state index in [4.69, 9.17) is 14.2 Å². The van der Waals surface area contributed by atoms with E-state index >= 15 is 0 Å². The van der Waals surface area contributed by atoms with Gasteiger partial charge in [-0.25, -0.2) is 8.78 Å². The Bertz CT molecular complexity index is 1250. The molecule has 6 atom stereocenters. The molecule has 39 heavy (non-hydrogen) atoms. The number of nitro groups is 1. The number of rotatable bonds is 10. The van der Waals surface area contributed by atoms with Crippen LogP contribution < -0.4 is 10.2 Å². The number of benzene rings is 1. The van der Waals surface area contributed by atoms with Crippen LogP contribution in [-0.2, 0) is 14.2 Å². The average molecular weight is 566 g/mol. The Hall–Kier alpha value is -2.61. The normalized spacial score (nSPS) is 28.8. The van der Waals surface area contributed by atoms with Gasteiger partial charge in [-0.15, -0.1) is 0 Å². The van der Waals surface area contributed by atoms with Crippen LogP contribution in [0.1, 0.15) is 51.5 Å². The van der Waals surface area contributed by atoms with Crippen molar-refractivity contribution >= 4 is 29.1 Å². The maximum Gasteiger partial charge on any atom is 0.353 e. The van der Waals surface area contributed by atoms with Crippen LogP contribution in [0.2, 0.25) is 0 Å². The highest BCUT2D eigenvalue weighted by Gasteiger charge is 2.55. The second kappa shape index (κ2) is 10.8. The molecular weight excluding hydrogens is 532 g/mol. The first-order valence-corrected chi connectivity index (χ1v) is 14.0. The third kappa shape index (κ3) is 5.54. The Kier molecular flexibility index (Phi) is 7.70. The fourth-order valence-electron chi connectivity index (χ4n) is 5.54. The van der Waals surface area contributed by atoms with E-state index in [0.717, 1.165) is 18.2 Å². The van der Waals surface area contributed by atoms with Crippen LogP contribution in [0, 0.1) is 21.7 Å². The number of nitrogens with one attached hydrogen (secondary N) is 1.